The molecule has 0 unspecified atom stereocenters. The molecule has 1 N–H and O–H groups in total. The van der Waals surface area contributed by atoms with Crippen LogP contribution >= 0.6 is 0 Å². The molecule has 0 saturated carbocycles. The summed E-state index contributed by atoms with van der Waals surface area (Å²) in [6, 6.07) is 13.6. The first-order valence-corrected chi connectivity index (χ1v) is 7.81. The van der Waals surface area contributed by atoms with Crippen molar-refractivity contribution in [3.8, 4) is 0 Å². The molecule has 2 amide bonds. The van der Waals surface area contributed by atoms with Gasteiger partial charge in [-0.3, -0.25) is 9.59 Å². The third-order valence-electron chi connectivity index (χ3n) is 4.43. The number of nitrogens with zero attached hydrogens (tertiary/aromatic N) is 2. The van der Waals surface area contributed by atoms with Crippen LogP contribution in [0.5, 0.6) is 0 Å². The second-order valence-electron chi connectivity index (χ2n) is 6.08. The van der Waals surface area contributed by atoms with E-state index < -0.39 is 0 Å². The molecule has 4 rings (SSSR count). The zero-order valence-electron chi connectivity index (χ0n) is 13.5. The van der Waals surface area contributed by atoms with Crippen molar-refractivity contribution >= 4 is 34.1 Å². The number of hydrogen-bond donors (Lipinski definition) is 1. The molecule has 1 aliphatic heterocycles. The highest BCUT2D eigenvalue weighted by atomic mass is 16.2. The third-order valence-corrected chi connectivity index (χ3v) is 4.43. The highest BCUT2D eigenvalue weighted by Gasteiger charge is 2.31. The molecule has 2 heterocycles. The molecule has 1 aromatic heterocycles. The van der Waals surface area contributed by atoms with Gasteiger partial charge in [-0.15, -0.1) is 0 Å². The summed E-state index contributed by atoms with van der Waals surface area (Å²) in [5.74, 6) is -0.259. The smallest absolute Gasteiger partial charge is 0.261 e. The van der Waals surface area contributed by atoms with Crippen LogP contribution in [0.4, 0.5) is 11.4 Å². The largest absolute Gasteiger partial charge is 0.351 e. The van der Waals surface area contributed by atoms with Crippen LogP contribution in [0.15, 0.2) is 48.7 Å². The number of carbonyl (C=O) groups excluding carboxylic acids is 2. The number of hydrogen-bond acceptors (Lipinski definition) is 2. The number of amides is 2. The Kier molecular flexibility index (Phi) is 3.16. The standard InChI is InChI=1S/C19H17N3O2/c1-12(23)20-16-5-3-4-14-11-22(19(24)18(14)16)15-6-7-17-13(10-15)8-9-21(17)2/h3-10H,11H2,1-2H3,(H,20,23). The Bertz CT molecular complexity index is 987. The van der Waals surface area contributed by atoms with Crippen molar-refractivity contribution < 1.29 is 9.59 Å². The van der Waals surface area contributed by atoms with Gasteiger partial charge in [-0.1, -0.05) is 12.1 Å². The van der Waals surface area contributed by atoms with Crippen LogP contribution in [-0.4, -0.2) is 16.4 Å². The fourth-order valence-electron chi connectivity index (χ4n) is 3.30. The van der Waals surface area contributed by atoms with E-state index in [0.717, 1.165) is 22.2 Å². The average Bonchev–Trinajstić information content (AvgIpc) is 3.08. The van der Waals surface area contributed by atoms with E-state index in [9.17, 15) is 9.59 Å². The van der Waals surface area contributed by atoms with E-state index in [-0.39, 0.29) is 11.8 Å². The molecule has 0 fully saturated rings. The Morgan fingerprint density at radius 1 is 1.17 bits per heavy atom. The molecule has 0 radical (unpaired) electrons. The van der Waals surface area contributed by atoms with Gasteiger partial charge in [0.05, 0.1) is 17.8 Å². The van der Waals surface area contributed by atoms with Crippen molar-refractivity contribution in [1.82, 2.24) is 4.57 Å². The summed E-state index contributed by atoms with van der Waals surface area (Å²) in [7, 11) is 2.00. The Morgan fingerprint density at radius 3 is 2.79 bits per heavy atom. The number of benzene rings is 2. The quantitative estimate of drug-likeness (QED) is 0.788. The number of rotatable bonds is 2. The van der Waals surface area contributed by atoms with E-state index in [1.807, 2.05) is 49.6 Å². The average molecular weight is 319 g/mol. The molecule has 1 aliphatic rings. The van der Waals surface area contributed by atoms with Crippen molar-refractivity contribution in [3.63, 3.8) is 0 Å². The molecule has 0 spiro atoms. The van der Waals surface area contributed by atoms with Crippen molar-refractivity contribution in [2.45, 2.75) is 13.5 Å². The predicted molar refractivity (Wildman–Crippen MR) is 94.2 cm³/mol. The number of fused-ring (bicyclic) bond motifs is 2. The summed E-state index contributed by atoms with van der Waals surface area (Å²) in [5.41, 5.74) is 4.08. The van der Waals surface area contributed by atoms with Gasteiger partial charge in [0.2, 0.25) is 5.91 Å². The summed E-state index contributed by atoms with van der Waals surface area (Å²) in [6.07, 6.45) is 2.00. The van der Waals surface area contributed by atoms with Crippen LogP contribution in [-0.2, 0) is 18.4 Å². The Labute approximate surface area is 139 Å². The fraction of sp³-hybridized carbons (Fsp3) is 0.158. The molecular formula is C19H17N3O2. The Balaban J connectivity index is 1.75. The van der Waals surface area contributed by atoms with Crippen molar-refractivity contribution in [2.75, 3.05) is 10.2 Å². The van der Waals surface area contributed by atoms with Crippen LogP contribution < -0.4 is 10.2 Å². The van der Waals surface area contributed by atoms with Gasteiger partial charge in [0.15, 0.2) is 0 Å². The summed E-state index contributed by atoms with van der Waals surface area (Å²) < 4.78 is 2.05. The first-order valence-electron chi connectivity index (χ1n) is 7.81. The van der Waals surface area contributed by atoms with E-state index >= 15 is 0 Å². The van der Waals surface area contributed by atoms with E-state index in [1.54, 1.807) is 11.0 Å². The van der Waals surface area contributed by atoms with Crippen molar-refractivity contribution in [2.24, 2.45) is 7.05 Å². The lowest BCUT2D eigenvalue weighted by molar-refractivity contribution is -0.114. The Morgan fingerprint density at radius 2 is 2.00 bits per heavy atom. The molecule has 0 saturated heterocycles. The second-order valence-corrected chi connectivity index (χ2v) is 6.08. The maximum Gasteiger partial charge on any atom is 0.261 e. The van der Waals surface area contributed by atoms with Crippen molar-refractivity contribution in [1.29, 1.82) is 0 Å². The molecule has 120 valence electrons. The van der Waals surface area contributed by atoms with Gasteiger partial charge < -0.3 is 14.8 Å². The monoisotopic (exact) mass is 319 g/mol. The van der Waals surface area contributed by atoms with Gasteiger partial charge in [0, 0.05) is 36.8 Å². The van der Waals surface area contributed by atoms with E-state index in [1.165, 1.54) is 6.92 Å². The molecule has 3 aromatic rings. The summed E-state index contributed by atoms with van der Waals surface area (Å²) >= 11 is 0. The van der Waals surface area contributed by atoms with Crippen LogP contribution in [0.1, 0.15) is 22.8 Å². The lowest BCUT2D eigenvalue weighted by Gasteiger charge is -2.16. The summed E-state index contributed by atoms with van der Waals surface area (Å²) in [5, 5.41) is 3.85. The first-order chi connectivity index (χ1) is 11.5. The minimum atomic E-state index is -0.180. The number of aromatic nitrogens is 1. The zero-order valence-corrected chi connectivity index (χ0v) is 13.5. The zero-order chi connectivity index (χ0) is 16.8. The second kappa shape index (κ2) is 5.23. The first kappa shape index (κ1) is 14.5. The van der Waals surface area contributed by atoms with Crippen LogP contribution in [0.3, 0.4) is 0 Å². The molecule has 0 aliphatic carbocycles. The fourth-order valence-corrected chi connectivity index (χ4v) is 3.30. The summed E-state index contributed by atoms with van der Waals surface area (Å²) in [4.78, 5) is 26.0. The van der Waals surface area contributed by atoms with Crippen LogP contribution in [0.2, 0.25) is 0 Å². The maximum atomic E-state index is 12.9. The number of anilines is 2. The highest BCUT2D eigenvalue weighted by Crippen LogP contribution is 2.34. The van der Waals surface area contributed by atoms with Gasteiger partial charge in [-0.05, 0) is 35.9 Å². The van der Waals surface area contributed by atoms with Gasteiger partial charge in [0.1, 0.15) is 0 Å². The topological polar surface area (TPSA) is 54.3 Å². The lowest BCUT2D eigenvalue weighted by Crippen LogP contribution is -2.23. The molecule has 0 bridgehead atoms. The summed E-state index contributed by atoms with van der Waals surface area (Å²) in [6.45, 7) is 1.96. The molecule has 0 atom stereocenters. The van der Waals surface area contributed by atoms with Crippen molar-refractivity contribution in [3.05, 3.63) is 59.8 Å². The molecular weight excluding hydrogens is 302 g/mol. The lowest BCUT2D eigenvalue weighted by atomic mass is 10.1. The SMILES string of the molecule is CC(=O)Nc1cccc2c1C(=O)N(c1ccc3c(ccn3C)c1)C2. The van der Waals surface area contributed by atoms with E-state index in [4.69, 9.17) is 0 Å². The van der Waals surface area contributed by atoms with Gasteiger partial charge >= 0.3 is 0 Å². The van der Waals surface area contributed by atoms with Gasteiger partial charge in [-0.25, -0.2) is 0 Å². The van der Waals surface area contributed by atoms with Gasteiger partial charge in [-0.2, -0.15) is 0 Å². The number of nitrogens with one attached hydrogen (secondary N) is 1. The molecule has 5 heteroatoms. The number of aryl methyl sites for hydroxylation is 1. The molecule has 5 nitrogen and oxygen atoms in total. The third kappa shape index (κ3) is 2.17. The Hall–Kier alpha value is -3.08. The number of carbonyl (C=O) groups is 2. The van der Waals surface area contributed by atoms with Crippen LogP contribution in [0.25, 0.3) is 10.9 Å². The molecule has 2 aromatic carbocycles. The van der Waals surface area contributed by atoms with E-state index in [2.05, 4.69) is 9.88 Å². The molecule has 24 heavy (non-hydrogen) atoms. The maximum absolute atomic E-state index is 12.9. The minimum Gasteiger partial charge on any atom is -0.351 e. The normalized spacial score (nSPS) is 13.4. The predicted octanol–water partition coefficient (Wildman–Crippen LogP) is 3.30. The minimum absolute atomic E-state index is 0.0790. The highest BCUT2D eigenvalue weighted by molar-refractivity contribution is 6.15. The van der Waals surface area contributed by atoms with E-state index in [0.29, 0.717) is 17.8 Å². The van der Waals surface area contributed by atoms with Crippen LogP contribution in [0, 0.1) is 0 Å². The van der Waals surface area contributed by atoms with Gasteiger partial charge in [0.25, 0.3) is 5.91 Å².